The van der Waals surface area contributed by atoms with Crippen LogP contribution in [0.25, 0.3) is 10.8 Å². The van der Waals surface area contributed by atoms with Gasteiger partial charge in [0.15, 0.2) is 0 Å². The number of benzene rings is 3. The molecule has 0 spiro atoms. The van der Waals surface area contributed by atoms with Crippen molar-refractivity contribution >= 4 is 16.5 Å². The lowest BCUT2D eigenvalue weighted by molar-refractivity contribution is 0.0679. The highest BCUT2D eigenvalue weighted by Crippen LogP contribution is 2.51. The average molecular weight is 398 g/mol. The number of fused-ring (bicyclic) bond motifs is 4. The Bertz CT molecular complexity index is 1090. The van der Waals surface area contributed by atoms with E-state index < -0.39 is 0 Å². The van der Waals surface area contributed by atoms with Gasteiger partial charge in [0.1, 0.15) is 12.4 Å². The van der Waals surface area contributed by atoms with E-state index in [1.54, 1.807) is 0 Å². The highest BCUT2D eigenvalue weighted by atomic mass is 16.5. The minimum atomic E-state index is 0.244. The summed E-state index contributed by atoms with van der Waals surface area (Å²) >= 11 is 0. The van der Waals surface area contributed by atoms with Gasteiger partial charge in [-0.05, 0) is 65.3 Å². The molecule has 3 aromatic rings. The highest BCUT2D eigenvalue weighted by Gasteiger charge is 2.38. The maximum absolute atomic E-state index is 6.10. The molecule has 2 heterocycles. The second kappa shape index (κ2) is 7.48. The molecule has 3 aliphatic rings. The predicted octanol–water partition coefficient (Wildman–Crippen LogP) is 6.22. The summed E-state index contributed by atoms with van der Waals surface area (Å²) in [6.07, 6.45) is 8.34. The van der Waals surface area contributed by atoms with E-state index in [0.717, 1.165) is 31.6 Å². The van der Waals surface area contributed by atoms with Gasteiger partial charge in [0.2, 0.25) is 0 Å². The molecule has 6 rings (SSSR count). The van der Waals surface area contributed by atoms with Crippen LogP contribution in [-0.2, 0) is 4.74 Å². The van der Waals surface area contributed by atoms with E-state index >= 15 is 0 Å². The SMILES string of the molecule is C1=CC2c3cc(OCC4CCCO4)ccc3NC(c3cccc4ccccc34)C2C1. The van der Waals surface area contributed by atoms with Crippen LogP contribution in [0.4, 0.5) is 5.69 Å². The first kappa shape index (κ1) is 18.0. The molecule has 3 heteroatoms. The van der Waals surface area contributed by atoms with Crippen LogP contribution in [0.2, 0.25) is 0 Å². The Hall–Kier alpha value is -2.78. The van der Waals surface area contributed by atoms with Crippen molar-refractivity contribution in [3.63, 3.8) is 0 Å². The van der Waals surface area contributed by atoms with E-state index in [1.807, 2.05) is 0 Å². The molecule has 0 saturated carbocycles. The lowest BCUT2D eigenvalue weighted by Crippen LogP contribution is -2.29. The van der Waals surface area contributed by atoms with Gasteiger partial charge in [-0.15, -0.1) is 0 Å². The summed E-state index contributed by atoms with van der Waals surface area (Å²) in [6.45, 7) is 1.51. The van der Waals surface area contributed by atoms with Gasteiger partial charge in [-0.1, -0.05) is 54.6 Å². The Morgan fingerprint density at radius 1 is 1.00 bits per heavy atom. The van der Waals surface area contributed by atoms with Crippen molar-refractivity contribution in [3.05, 3.63) is 83.9 Å². The van der Waals surface area contributed by atoms with Crippen molar-refractivity contribution in [2.24, 2.45) is 5.92 Å². The van der Waals surface area contributed by atoms with Gasteiger partial charge < -0.3 is 14.8 Å². The maximum atomic E-state index is 6.10. The lowest BCUT2D eigenvalue weighted by atomic mass is 9.76. The second-order valence-corrected chi connectivity index (χ2v) is 8.74. The molecule has 0 aromatic heterocycles. The van der Waals surface area contributed by atoms with Crippen molar-refractivity contribution in [3.8, 4) is 5.75 Å². The van der Waals surface area contributed by atoms with Crippen molar-refractivity contribution in [2.75, 3.05) is 18.5 Å². The van der Waals surface area contributed by atoms with E-state index in [9.17, 15) is 0 Å². The number of anilines is 1. The van der Waals surface area contributed by atoms with Crippen molar-refractivity contribution in [1.29, 1.82) is 0 Å². The minimum absolute atomic E-state index is 0.244. The van der Waals surface area contributed by atoms with Crippen molar-refractivity contribution < 1.29 is 9.47 Å². The fourth-order valence-corrected chi connectivity index (χ4v) is 5.46. The van der Waals surface area contributed by atoms with Crippen LogP contribution < -0.4 is 10.1 Å². The van der Waals surface area contributed by atoms with Gasteiger partial charge in [0.25, 0.3) is 0 Å². The number of allylic oxidation sites excluding steroid dienone is 2. The summed E-state index contributed by atoms with van der Waals surface area (Å²) in [5.74, 6) is 1.90. The van der Waals surface area contributed by atoms with Gasteiger partial charge in [-0.25, -0.2) is 0 Å². The molecule has 1 fully saturated rings. The molecule has 152 valence electrons. The standard InChI is InChI=1S/C27H27NO2/c1-2-9-21-18(6-1)7-3-11-23(21)27-24-12-4-10-22(24)25-16-19(13-14-26(25)28-27)30-17-20-8-5-15-29-20/h1-4,6-7,9-11,13-14,16,20,22,24,27-28H,5,8,12,15,17H2. The Morgan fingerprint density at radius 2 is 1.93 bits per heavy atom. The Balaban J connectivity index is 1.32. The van der Waals surface area contributed by atoms with Crippen LogP contribution in [-0.4, -0.2) is 19.3 Å². The summed E-state index contributed by atoms with van der Waals surface area (Å²) in [4.78, 5) is 0. The number of nitrogens with one attached hydrogen (secondary N) is 1. The lowest BCUT2D eigenvalue weighted by Gasteiger charge is -2.38. The zero-order chi connectivity index (χ0) is 19.9. The fourth-order valence-electron chi connectivity index (χ4n) is 5.46. The summed E-state index contributed by atoms with van der Waals surface area (Å²) in [5.41, 5.74) is 3.98. The third-order valence-corrected chi connectivity index (χ3v) is 6.95. The fraction of sp³-hybridized carbons (Fsp3) is 0.333. The second-order valence-electron chi connectivity index (χ2n) is 8.74. The molecule has 3 nitrogen and oxygen atoms in total. The number of hydrogen-bond donors (Lipinski definition) is 1. The maximum Gasteiger partial charge on any atom is 0.119 e. The molecule has 1 saturated heterocycles. The van der Waals surface area contributed by atoms with Gasteiger partial charge >= 0.3 is 0 Å². The Kier molecular flexibility index (Phi) is 4.49. The predicted molar refractivity (Wildman–Crippen MR) is 121 cm³/mol. The molecule has 4 unspecified atom stereocenters. The molecule has 2 aliphatic heterocycles. The van der Waals surface area contributed by atoms with Gasteiger partial charge in [0.05, 0.1) is 12.1 Å². The van der Waals surface area contributed by atoms with Crippen LogP contribution in [0.1, 0.15) is 42.3 Å². The molecule has 3 aromatic carbocycles. The van der Waals surface area contributed by atoms with Crippen LogP contribution in [0.3, 0.4) is 0 Å². The molecule has 0 bridgehead atoms. The van der Waals surface area contributed by atoms with E-state index in [0.29, 0.717) is 24.5 Å². The average Bonchev–Trinajstić information content (AvgIpc) is 3.49. The molecule has 0 radical (unpaired) electrons. The van der Waals surface area contributed by atoms with E-state index in [1.165, 1.54) is 27.6 Å². The third kappa shape index (κ3) is 3.09. The summed E-state index contributed by atoms with van der Waals surface area (Å²) in [7, 11) is 0. The molecular formula is C27H27NO2. The van der Waals surface area contributed by atoms with E-state index in [2.05, 4.69) is 78.1 Å². The van der Waals surface area contributed by atoms with Crippen LogP contribution in [0, 0.1) is 5.92 Å². The number of hydrogen-bond acceptors (Lipinski definition) is 3. The largest absolute Gasteiger partial charge is 0.491 e. The number of ether oxygens (including phenoxy) is 2. The summed E-state index contributed by atoms with van der Waals surface area (Å²) in [5, 5.41) is 6.54. The van der Waals surface area contributed by atoms with Crippen LogP contribution in [0.15, 0.2) is 72.8 Å². The smallest absolute Gasteiger partial charge is 0.119 e. The summed E-state index contributed by atoms with van der Waals surface area (Å²) < 4.78 is 11.8. The third-order valence-electron chi connectivity index (χ3n) is 6.95. The Labute approximate surface area is 177 Å². The normalized spacial score (nSPS) is 26.9. The monoisotopic (exact) mass is 397 g/mol. The molecule has 1 aliphatic carbocycles. The first-order chi connectivity index (χ1) is 14.9. The van der Waals surface area contributed by atoms with Gasteiger partial charge in [0, 0.05) is 18.2 Å². The van der Waals surface area contributed by atoms with E-state index in [-0.39, 0.29) is 6.10 Å². The van der Waals surface area contributed by atoms with Crippen molar-refractivity contribution in [2.45, 2.75) is 37.3 Å². The minimum Gasteiger partial charge on any atom is -0.491 e. The Morgan fingerprint density at radius 3 is 2.87 bits per heavy atom. The molecule has 4 atom stereocenters. The first-order valence-corrected chi connectivity index (χ1v) is 11.2. The van der Waals surface area contributed by atoms with Gasteiger partial charge in [-0.2, -0.15) is 0 Å². The quantitative estimate of drug-likeness (QED) is 0.530. The van der Waals surface area contributed by atoms with Gasteiger partial charge in [-0.3, -0.25) is 0 Å². The highest BCUT2D eigenvalue weighted by molar-refractivity contribution is 5.86. The molecular weight excluding hydrogens is 370 g/mol. The molecule has 1 N–H and O–H groups in total. The number of rotatable bonds is 4. The topological polar surface area (TPSA) is 30.5 Å². The first-order valence-electron chi connectivity index (χ1n) is 11.2. The van der Waals surface area contributed by atoms with Crippen LogP contribution in [0.5, 0.6) is 5.75 Å². The summed E-state index contributed by atoms with van der Waals surface area (Å²) in [6, 6.07) is 22.2. The molecule has 0 amide bonds. The zero-order valence-electron chi connectivity index (χ0n) is 17.1. The van der Waals surface area contributed by atoms with E-state index in [4.69, 9.17) is 9.47 Å². The van der Waals surface area contributed by atoms with Crippen molar-refractivity contribution in [1.82, 2.24) is 0 Å². The van der Waals surface area contributed by atoms with Crippen LogP contribution >= 0.6 is 0 Å². The zero-order valence-corrected chi connectivity index (χ0v) is 17.1. The molecule has 30 heavy (non-hydrogen) atoms.